The second kappa shape index (κ2) is 8.08. The molecular weight excluding hydrogens is 378 g/mol. The molecule has 2 aromatic carbocycles. The molecule has 1 amide bonds. The van der Waals surface area contributed by atoms with Gasteiger partial charge in [0.25, 0.3) is 0 Å². The van der Waals surface area contributed by atoms with E-state index in [0.29, 0.717) is 13.2 Å². The number of rotatable bonds is 3. The number of para-hydroxylation sites is 2. The number of hydrogen-bond donors (Lipinski definition) is 1. The number of aromatic nitrogens is 2. The predicted molar refractivity (Wildman–Crippen MR) is 118 cm³/mol. The summed E-state index contributed by atoms with van der Waals surface area (Å²) in [6.45, 7) is 5.00. The minimum Gasteiger partial charge on any atom is -0.378 e. The molecule has 0 unspecified atom stereocenters. The third-order valence-corrected chi connectivity index (χ3v) is 6.07. The van der Waals surface area contributed by atoms with Gasteiger partial charge in [-0.3, -0.25) is 4.79 Å². The fourth-order valence-corrected chi connectivity index (χ4v) is 4.37. The van der Waals surface area contributed by atoms with Gasteiger partial charge < -0.3 is 24.4 Å². The maximum Gasteiger partial charge on any atom is 0.242 e. The Hall–Kier alpha value is -2.90. The average molecular weight is 406 g/mol. The number of nitrogens with one attached hydrogen (secondary N) is 1. The van der Waals surface area contributed by atoms with Crippen LogP contribution in [-0.2, 0) is 16.6 Å². The Morgan fingerprint density at radius 3 is 2.70 bits per heavy atom. The van der Waals surface area contributed by atoms with Gasteiger partial charge in [0.05, 0.1) is 24.2 Å². The zero-order chi connectivity index (χ0) is 20.5. The second-order valence-electron chi connectivity index (χ2n) is 7.93. The minimum atomic E-state index is -0.203. The molecule has 5 rings (SSSR count). The lowest BCUT2D eigenvalue weighted by Gasteiger charge is -2.38. The number of morpholine rings is 1. The number of imidazole rings is 1. The van der Waals surface area contributed by atoms with Crippen molar-refractivity contribution in [2.24, 2.45) is 7.05 Å². The van der Waals surface area contributed by atoms with Crippen molar-refractivity contribution in [2.45, 2.75) is 6.04 Å². The number of amides is 1. The summed E-state index contributed by atoms with van der Waals surface area (Å²) >= 11 is 0. The van der Waals surface area contributed by atoms with E-state index in [9.17, 15) is 4.79 Å². The summed E-state index contributed by atoms with van der Waals surface area (Å²) < 4.78 is 7.59. The van der Waals surface area contributed by atoms with Crippen LogP contribution in [0.15, 0.2) is 48.5 Å². The molecule has 0 saturated carbocycles. The molecule has 2 aliphatic heterocycles. The highest BCUT2D eigenvalue weighted by atomic mass is 16.5. The van der Waals surface area contributed by atoms with Crippen molar-refractivity contribution in [1.29, 1.82) is 0 Å². The van der Waals surface area contributed by atoms with Gasteiger partial charge in [-0.05, 0) is 24.3 Å². The monoisotopic (exact) mass is 405 g/mol. The first-order valence-electron chi connectivity index (χ1n) is 10.6. The van der Waals surface area contributed by atoms with E-state index in [0.717, 1.165) is 55.1 Å². The highest BCUT2D eigenvalue weighted by Gasteiger charge is 2.29. The zero-order valence-electron chi connectivity index (χ0n) is 17.3. The van der Waals surface area contributed by atoms with Crippen molar-refractivity contribution in [3.63, 3.8) is 0 Å². The number of fused-ring (bicyclic) bond motifs is 1. The Kier molecular flexibility index (Phi) is 5.14. The highest BCUT2D eigenvalue weighted by Crippen LogP contribution is 2.27. The standard InChI is InChI=1S/C23H27N5O2/c1-26-21-8-3-2-7-19(21)25-22(26)17-5-4-6-18(15-17)27-10-12-28(13-11-27)23(29)20-16-30-14-9-24-20/h2-8,15,20,24H,9-14,16H2,1H3/t20-/m0/s1. The van der Waals surface area contributed by atoms with E-state index in [-0.39, 0.29) is 11.9 Å². The normalized spacial score (nSPS) is 20.0. The number of benzene rings is 2. The Morgan fingerprint density at radius 1 is 1.10 bits per heavy atom. The van der Waals surface area contributed by atoms with Crippen molar-refractivity contribution in [3.8, 4) is 11.4 Å². The van der Waals surface area contributed by atoms with Gasteiger partial charge in [0.15, 0.2) is 0 Å². The molecule has 2 saturated heterocycles. The Balaban J connectivity index is 1.30. The maximum atomic E-state index is 12.7. The third kappa shape index (κ3) is 3.55. The molecule has 7 nitrogen and oxygen atoms in total. The first kappa shape index (κ1) is 19.1. The maximum absolute atomic E-state index is 12.7. The lowest BCUT2D eigenvalue weighted by atomic mass is 10.1. The molecule has 0 bridgehead atoms. The molecule has 0 aliphatic carbocycles. The molecule has 3 aromatic rings. The zero-order valence-corrected chi connectivity index (χ0v) is 17.3. The van der Waals surface area contributed by atoms with E-state index in [4.69, 9.17) is 9.72 Å². The van der Waals surface area contributed by atoms with Gasteiger partial charge in [-0.15, -0.1) is 0 Å². The van der Waals surface area contributed by atoms with Gasteiger partial charge in [0, 0.05) is 51.0 Å². The van der Waals surface area contributed by atoms with Crippen molar-refractivity contribution < 1.29 is 9.53 Å². The summed E-state index contributed by atoms with van der Waals surface area (Å²) in [5, 5.41) is 3.26. The molecule has 1 atom stereocenters. The number of piperazine rings is 1. The Labute approximate surface area is 176 Å². The van der Waals surface area contributed by atoms with Crippen LogP contribution in [0.5, 0.6) is 0 Å². The molecule has 3 heterocycles. The third-order valence-electron chi connectivity index (χ3n) is 6.07. The molecule has 156 valence electrons. The number of hydrogen-bond acceptors (Lipinski definition) is 5. The molecule has 0 radical (unpaired) electrons. The molecule has 2 aliphatic rings. The van der Waals surface area contributed by atoms with Crippen LogP contribution in [0.1, 0.15) is 0 Å². The number of carbonyl (C=O) groups is 1. The minimum absolute atomic E-state index is 0.155. The topological polar surface area (TPSA) is 62.6 Å². The van der Waals surface area contributed by atoms with E-state index in [2.05, 4.69) is 52.2 Å². The van der Waals surface area contributed by atoms with Crippen LogP contribution < -0.4 is 10.2 Å². The molecule has 2 fully saturated rings. The summed E-state index contributed by atoms with van der Waals surface area (Å²) in [5.41, 5.74) is 4.41. The summed E-state index contributed by atoms with van der Waals surface area (Å²) in [6, 6.07) is 16.5. The summed E-state index contributed by atoms with van der Waals surface area (Å²) in [6.07, 6.45) is 0. The molecule has 0 spiro atoms. The SMILES string of the molecule is Cn1c(-c2cccc(N3CCN(C(=O)[C@@H]4COCCN4)CC3)c2)nc2ccccc21. The van der Waals surface area contributed by atoms with Crippen LogP contribution in [0.4, 0.5) is 5.69 Å². The van der Waals surface area contributed by atoms with Crippen molar-refractivity contribution in [2.75, 3.05) is 50.8 Å². The number of nitrogens with zero attached hydrogens (tertiary/aromatic N) is 4. The van der Waals surface area contributed by atoms with Crippen LogP contribution in [0.3, 0.4) is 0 Å². The smallest absolute Gasteiger partial charge is 0.242 e. The summed E-state index contributed by atoms with van der Waals surface area (Å²) in [4.78, 5) is 21.8. The van der Waals surface area contributed by atoms with Gasteiger partial charge in [0.2, 0.25) is 5.91 Å². The van der Waals surface area contributed by atoms with E-state index >= 15 is 0 Å². The van der Waals surface area contributed by atoms with Crippen LogP contribution in [0.25, 0.3) is 22.4 Å². The van der Waals surface area contributed by atoms with Gasteiger partial charge in [-0.2, -0.15) is 0 Å². The van der Waals surface area contributed by atoms with E-state index in [1.54, 1.807) is 0 Å². The first-order valence-corrected chi connectivity index (χ1v) is 10.6. The second-order valence-corrected chi connectivity index (χ2v) is 7.93. The van der Waals surface area contributed by atoms with Crippen molar-refractivity contribution in [1.82, 2.24) is 19.8 Å². The number of ether oxygens (including phenoxy) is 1. The number of aryl methyl sites for hydroxylation is 1. The van der Waals surface area contributed by atoms with Crippen LogP contribution in [0.2, 0.25) is 0 Å². The van der Waals surface area contributed by atoms with E-state index in [1.165, 1.54) is 5.69 Å². The van der Waals surface area contributed by atoms with E-state index in [1.807, 2.05) is 23.1 Å². The lowest BCUT2D eigenvalue weighted by molar-refractivity contribution is -0.136. The predicted octanol–water partition coefficient (Wildman–Crippen LogP) is 1.88. The largest absolute Gasteiger partial charge is 0.378 e. The van der Waals surface area contributed by atoms with Crippen LogP contribution in [-0.4, -0.2) is 72.3 Å². The molecule has 30 heavy (non-hydrogen) atoms. The molecule has 1 N–H and O–H groups in total. The van der Waals surface area contributed by atoms with Crippen molar-refractivity contribution in [3.05, 3.63) is 48.5 Å². The Morgan fingerprint density at radius 2 is 1.93 bits per heavy atom. The lowest BCUT2D eigenvalue weighted by Crippen LogP contribution is -2.57. The average Bonchev–Trinajstić information content (AvgIpc) is 3.16. The highest BCUT2D eigenvalue weighted by molar-refractivity contribution is 5.83. The first-order chi connectivity index (χ1) is 14.7. The number of carbonyl (C=O) groups excluding carboxylic acids is 1. The molecule has 7 heteroatoms. The molecule has 1 aromatic heterocycles. The summed E-state index contributed by atoms with van der Waals surface area (Å²) in [5.74, 6) is 1.12. The summed E-state index contributed by atoms with van der Waals surface area (Å²) in [7, 11) is 2.06. The number of anilines is 1. The quantitative estimate of drug-likeness (QED) is 0.721. The van der Waals surface area contributed by atoms with Gasteiger partial charge in [-0.25, -0.2) is 4.98 Å². The Bertz CT molecular complexity index is 1050. The van der Waals surface area contributed by atoms with Crippen LogP contribution in [0, 0.1) is 0 Å². The van der Waals surface area contributed by atoms with Gasteiger partial charge in [0.1, 0.15) is 11.9 Å². The fourth-order valence-electron chi connectivity index (χ4n) is 4.37. The molecular formula is C23H27N5O2. The fraction of sp³-hybridized carbons (Fsp3) is 0.391. The van der Waals surface area contributed by atoms with Gasteiger partial charge in [-0.1, -0.05) is 24.3 Å². The van der Waals surface area contributed by atoms with Gasteiger partial charge >= 0.3 is 0 Å². The van der Waals surface area contributed by atoms with E-state index < -0.39 is 0 Å². The van der Waals surface area contributed by atoms with Crippen molar-refractivity contribution >= 4 is 22.6 Å². The van der Waals surface area contributed by atoms with Crippen LogP contribution >= 0.6 is 0 Å².